The minimum atomic E-state index is -4.45. The fourth-order valence-electron chi connectivity index (χ4n) is 4.09. The lowest BCUT2D eigenvalue weighted by Gasteiger charge is -2.21. The smallest absolute Gasteiger partial charge is 0.370 e. The first-order valence-corrected chi connectivity index (χ1v) is 11.0. The van der Waals surface area contributed by atoms with Crippen molar-refractivity contribution in [3.63, 3.8) is 0 Å². The van der Waals surface area contributed by atoms with Crippen LogP contribution in [0.2, 0.25) is 0 Å². The highest BCUT2D eigenvalue weighted by Crippen LogP contribution is 2.36. The number of guanidine groups is 1. The number of halogens is 4. The van der Waals surface area contributed by atoms with Crippen LogP contribution in [0.25, 0.3) is 11.4 Å². The molecule has 1 fully saturated rings. The van der Waals surface area contributed by atoms with Gasteiger partial charge in [0.25, 0.3) is 0 Å². The number of likely N-dealkylation sites (tertiary alicyclic amines) is 1. The molecule has 0 radical (unpaired) electrons. The zero-order valence-electron chi connectivity index (χ0n) is 18.2. The van der Waals surface area contributed by atoms with Crippen molar-refractivity contribution in [2.75, 3.05) is 6.54 Å². The number of unbranched alkanes of at least 4 members (excludes halogenated alkanes) is 5. The minimum absolute atomic E-state index is 0. The second-order valence-corrected chi connectivity index (χ2v) is 8.08. The molecule has 0 unspecified atom stereocenters. The molecule has 1 saturated heterocycles. The first kappa shape index (κ1) is 26.0. The van der Waals surface area contributed by atoms with Crippen molar-refractivity contribution in [3.05, 3.63) is 35.2 Å². The summed E-state index contributed by atoms with van der Waals surface area (Å²) in [5, 5.41) is 11.5. The van der Waals surface area contributed by atoms with Crippen LogP contribution in [0.3, 0.4) is 0 Å². The summed E-state index contributed by atoms with van der Waals surface area (Å²) in [5.41, 5.74) is 5.52. The van der Waals surface area contributed by atoms with Crippen LogP contribution in [0.15, 0.2) is 22.7 Å². The summed E-state index contributed by atoms with van der Waals surface area (Å²) >= 11 is 0. The third-order valence-corrected chi connectivity index (χ3v) is 5.76. The molecule has 2 heterocycles. The maximum Gasteiger partial charge on any atom is 0.416 e. The summed E-state index contributed by atoms with van der Waals surface area (Å²) < 4.78 is 46.4. The van der Waals surface area contributed by atoms with Gasteiger partial charge in [-0.15, -0.1) is 12.4 Å². The molecule has 10 heteroatoms. The maximum absolute atomic E-state index is 13.7. The molecule has 2 aromatic rings. The van der Waals surface area contributed by atoms with Crippen LogP contribution in [0.4, 0.5) is 13.2 Å². The molecular formula is C22H31ClF3N5O. The highest BCUT2D eigenvalue weighted by atomic mass is 35.5. The Kier molecular flexibility index (Phi) is 9.36. The van der Waals surface area contributed by atoms with Gasteiger partial charge in [0.2, 0.25) is 11.7 Å². The normalized spacial score (nSPS) is 16.2. The first-order chi connectivity index (χ1) is 14.8. The number of hydrogen-bond donors (Lipinski definition) is 2. The number of nitrogens with two attached hydrogens (primary N) is 1. The highest BCUT2D eigenvalue weighted by Gasteiger charge is 2.35. The Morgan fingerprint density at radius 1 is 1.22 bits per heavy atom. The van der Waals surface area contributed by atoms with E-state index in [1.165, 1.54) is 12.5 Å². The van der Waals surface area contributed by atoms with Crippen molar-refractivity contribution in [1.82, 2.24) is 15.0 Å². The van der Waals surface area contributed by atoms with Crippen LogP contribution < -0.4 is 5.73 Å². The molecule has 0 aliphatic carbocycles. The average Bonchev–Trinajstić information content (AvgIpc) is 3.39. The number of hydrogen-bond acceptors (Lipinski definition) is 4. The van der Waals surface area contributed by atoms with E-state index in [-0.39, 0.29) is 41.7 Å². The molecule has 32 heavy (non-hydrogen) atoms. The van der Waals surface area contributed by atoms with Crippen molar-refractivity contribution in [2.45, 2.75) is 76.9 Å². The van der Waals surface area contributed by atoms with Gasteiger partial charge in [-0.05, 0) is 37.3 Å². The van der Waals surface area contributed by atoms with Gasteiger partial charge in [0.1, 0.15) is 6.04 Å². The SMILES string of the molecule is CCCCCCCCc1ccc(-c2noc([C@@H]3CCCN3C(=N)N)n2)cc1C(F)(F)F.Cl. The van der Waals surface area contributed by atoms with Crippen LogP contribution >= 0.6 is 12.4 Å². The summed E-state index contributed by atoms with van der Waals surface area (Å²) in [6.07, 6.45) is 3.64. The molecule has 0 bridgehead atoms. The van der Waals surface area contributed by atoms with Gasteiger partial charge >= 0.3 is 6.18 Å². The van der Waals surface area contributed by atoms with E-state index >= 15 is 0 Å². The van der Waals surface area contributed by atoms with E-state index in [2.05, 4.69) is 17.1 Å². The Morgan fingerprint density at radius 2 is 1.94 bits per heavy atom. The summed E-state index contributed by atoms with van der Waals surface area (Å²) in [5.74, 6) is 0.301. The molecule has 1 aromatic carbocycles. The van der Waals surface area contributed by atoms with Gasteiger partial charge in [0.15, 0.2) is 5.96 Å². The molecule has 178 valence electrons. The predicted molar refractivity (Wildman–Crippen MR) is 120 cm³/mol. The quantitative estimate of drug-likeness (QED) is 0.260. The molecule has 0 spiro atoms. The summed E-state index contributed by atoms with van der Waals surface area (Å²) in [7, 11) is 0. The molecule has 3 rings (SSSR count). The van der Waals surface area contributed by atoms with E-state index in [1.807, 2.05) is 0 Å². The van der Waals surface area contributed by atoms with Crippen LogP contribution in [0, 0.1) is 5.41 Å². The van der Waals surface area contributed by atoms with Crippen LogP contribution in [0.1, 0.15) is 81.3 Å². The molecule has 0 saturated carbocycles. The molecule has 0 amide bonds. The monoisotopic (exact) mass is 473 g/mol. The van der Waals surface area contributed by atoms with Gasteiger partial charge in [-0.2, -0.15) is 18.2 Å². The summed E-state index contributed by atoms with van der Waals surface area (Å²) in [6, 6.07) is 3.94. The van der Waals surface area contributed by atoms with E-state index in [0.717, 1.165) is 44.6 Å². The maximum atomic E-state index is 13.7. The number of nitrogens with zero attached hydrogens (tertiary/aromatic N) is 3. The standard InChI is InChI=1S/C22H30F3N5O.ClH/c1-2-3-4-5-6-7-9-15-11-12-16(14-17(15)22(23,24)25)19-28-20(31-29-19)18-10-8-13-30(18)21(26)27;/h11-12,14,18H,2-10,13H2,1H3,(H3,26,27);1H/t18-;/m0./s1. The lowest BCUT2D eigenvalue weighted by atomic mass is 9.97. The van der Waals surface area contributed by atoms with E-state index in [9.17, 15) is 13.2 Å². The molecule has 1 atom stereocenters. The Labute approximate surface area is 192 Å². The zero-order valence-corrected chi connectivity index (χ0v) is 19.1. The van der Waals surface area contributed by atoms with Gasteiger partial charge in [0, 0.05) is 12.1 Å². The van der Waals surface area contributed by atoms with Gasteiger partial charge in [-0.25, -0.2) is 0 Å². The summed E-state index contributed by atoms with van der Waals surface area (Å²) in [4.78, 5) is 5.97. The Bertz CT molecular complexity index is 887. The summed E-state index contributed by atoms with van der Waals surface area (Å²) in [6.45, 7) is 2.75. The van der Waals surface area contributed by atoms with Crippen LogP contribution in [0.5, 0.6) is 0 Å². The third-order valence-electron chi connectivity index (χ3n) is 5.76. The molecule has 1 aliphatic heterocycles. The Balaban J connectivity index is 0.00000363. The molecular weight excluding hydrogens is 443 g/mol. The van der Waals surface area contributed by atoms with E-state index in [0.29, 0.717) is 24.9 Å². The average molecular weight is 474 g/mol. The van der Waals surface area contributed by atoms with Crippen molar-refractivity contribution in [2.24, 2.45) is 5.73 Å². The van der Waals surface area contributed by atoms with Crippen molar-refractivity contribution in [1.29, 1.82) is 5.41 Å². The molecule has 6 nitrogen and oxygen atoms in total. The van der Waals surface area contributed by atoms with Crippen LogP contribution in [-0.4, -0.2) is 27.5 Å². The number of nitrogens with one attached hydrogen (secondary N) is 1. The van der Waals surface area contributed by atoms with E-state index in [1.54, 1.807) is 11.0 Å². The first-order valence-electron chi connectivity index (χ1n) is 11.0. The van der Waals surface area contributed by atoms with E-state index in [4.69, 9.17) is 15.7 Å². The second-order valence-electron chi connectivity index (χ2n) is 8.08. The van der Waals surface area contributed by atoms with E-state index < -0.39 is 11.7 Å². The molecule has 1 aromatic heterocycles. The van der Waals surface area contributed by atoms with Crippen molar-refractivity contribution < 1.29 is 17.7 Å². The van der Waals surface area contributed by atoms with Crippen LogP contribution in [-0.2, 0) is 12.6 Å². The highest BCUT2D eigenvalue weighted by molar-refractivity contribution is 5.85. The number of aryl methyl sites for hydroxylation is 1. The predicted octanol–water partition coefficient (Wildman–Crippen LogP) is 6.11. The number of rotatable bonds is 9. The number of aromatic nitrogens is 2. The number of alkyl halides is 3. The van der Waals surface area contributed by atoms with Gasteiger partial charge in [0.05, 0.1) is 5.56 Å². The van der Waals surface area contributed by atoms with Crippen molar-refractivity contribution in [3.8, 4) is 11.4 Å². The topological polar surface area (TPSA) is 92.0 Å². The van der Waals surface area contributed by atoms with Gasteiger partial charge in [-0.3, -0.25) is 5.41 Å². The zero-order chi connectivity index (χ0) is 22.4. The third kappa shape index (κ3) is 6.37. The lowest BCUT2D eigenvalue weighted by molar-refractivity contribution is -0.138. The Morgan fingerprint density at radius 3 is 2.62 bits per heavy atom. The van der Waals surface area contributed by atoms with Crippen molar-refractivity contribution >= 4 is 18.4 Å². The van der Waals surface area contributed by atoms with Gasteiger partial charge in [-0.1, -0.05) is 56.3 Å². The fourth-order valence-corrected chi connectivity index (χ4v) is 4.09. The molecule has 3 N–H and O–H groups in total. The second kappa shape index (κ2) is 11.5. The lowest BCUT2D eigenvalue weighted by Crippen LogP contribution is -2.35. The number of benzene rings is 1. The fraction of sp³-hybridized carbons (Fsp3) is 0.591. The molecule has 1 aliphatic rings. The largest absolute Gasteiger partial charge is 0.416 e. The Hall–Kier alpha value is -2.29. The van der Waals surface area contributed by atoms with Gasteiger partial charge < -0.3 is 15.2 Å². The minimum Gasteiger partial charge on any atom is -0.370 e.